The van der Waals surface area contributed by atoms with Crippen molar-refractivity contribution in [3.8, 4) is 0 Å². The molecule has 0 radical (unpaired) electrons. The summed E-state index contributed by atoms with van der Waals surface area (Å²) in [7, 11) is 0. The highest BCUT2D eigenvalue weighted by Gasteiger charge is 2.28. The highest BCUT2D eigenvalue weighted by molar-refractivity contribution is 5.92. The molecule has 0 aromatic carbocycles. The van der Waals surface area contributed by atoms with E-state index in [0.29, 0.717) is 18.0 Å². The smallest absolute Gasteiger partial charge is 0.273 e. The molecule has 1 heterocycles. The molecule has 0 saturated heterocycles. The highest BCUT2D eigenvalue weighted by Crippen LogP contribution is 2.25. The Morgan fingerprint density at radius 1 is 1.53 bits per heavy atom. The summed E-state index contributed by atoms with van der Waals surface area (Å²) in [6.07, 6.45) is 5.50. The van der Waals surface area contributed by atoms with E-state index in [1.807, 2.05) is 0 Å². The van der Waals surface area contributed by atoms with Crippen LogP contribution >= 0.6 is 0 Å². The number of nitrogens with two attached hydrogens (primary N) is 1. The number of hydrogen-bond donors (Lipinski definition) is 2. The van der Waals surface area contributed by atoms with Gasteiger partial charge in [-0.3, -0.25) is 4.79 Å². The van der Waals surface area contributed by atoms with Crippen LogP contribution in [0.1, 0.15) is 48.4 Å². The van der Waals surface area contributed by atoms with Gasteiger partial charge in [-0.25, -0.2) is 0 Å². The summed E-state index contributed by atoms with van der Waals surface area (Å²) in [6, 6.07) is 1.62. The van der Waals surface area contributed by atoms with Crippen LogP contribution in [0.5, 0.6) is 0 Å². The third-order valence-electron chi connectivity index (χ3n) is 3.31. The molecule has 17 heavy (non-hydrogen) atoms. The van der Waals surface area contributed by atoms with E-state index in [2.05, 4.69) is 10.5 Å². The molecule has 1 saturated carbocycles. The molecule has 0 aliphatic heterocycles. The molecule has 1 aliphatic rings. The fourth-order valence-electron chi connectivity index (χ4n) is 2.25. The molecule has 0 spiro atoms. The van der Waals surface area contributed by atoms with Crippen LogP contribution in [0, 0.1) is 6.92 Å². The fourth-order valence-corrected chi connectivity index (χ4v) is 2.25. The summed E-state index contributed by atoms with van der Waals surface area (Å²) in [6.45, 7) is 2.27. The lowest BCUT2D eigenvalue weighted by molar-refractivity contribution is 0.0928. The van der Waals surface area contributed by atoms with Crippen molar-refractivity contribution in [1.82, 2.24) is 10.5 Å². The first kappa shape index (κ1) is 12.1. The number of carbonyl (C=O) groups excluding carboxylic acids is 1. The molecule has 5 nitrogen and oxygen atoms in total. The van der Waals surface area contributed by atoms with Gasteiger partial charge in [0.1, 0.15) is 5.76 Å². The second-order valence-electron chi connectivity index (χ2n) is 4.93. The predicted molar refractivity (Wildman–Crippen MR) is 63.6 cm³/mol. The zero-order valence-electron chi connectivity index (χ0n) is 10.2. The van der Waals surface area contributed by atoms with Crippen LogP contribution in [0.25, 0.3) is 0 Å². The van der Waals surface area contributed by atoms with E-state index >= 15 is 0 Å². The van der Waals surface area contributed by atoms with Crippen LogP contribution in [0.3, 0.4) is 0 Å². The molecule has 2 rings (SSSR count). The minimum absolute atomic E-state index is 0.211. The van der Waals surface area contributed by atoms with Crippen molar-refractivity contribution in [2.75, 3.05) is 6.54 Å². The number of aryl methyl sites for hydroxylation is 1. The normalized spacial score (nSPS) is 18.9. The van der Waals surface area contributed by atoms with Crippen LogP contribution in [0.15, 0.2) is 10.6 Å². The first-order valence-corrected chi connectivity index (χ1v) is 6.09. The summed E-state index contributed by atoms with van der Waals surface area (Å²) in [5.74, 6) is 0.424. The molecule has 5 heteroatoms. The lowest BCUT2D eigenvalue weighted by Gasteiger charge is -2.33. The molecule has 94 valence electrons. The highest BCUT2D eigenvalue weighted by atomic mass is 16.5. The largest absolute Gasteiger partial charge is 0.361 e. The van der Waals surface area contributed by atoms with Gasteiger partial charge in [-0.05, 0) is 19.8 Å². The van der Waals surface area contributed by atoms with Crippen LogP contribution in [-0.2, 0) is 0 Å². The zero-order valence-corrected chi connectivity index (χ0v) is 10.2. The molecule has 1 aromatic rings. The lowest BCUT2D eigenvalue weighted by Crippen LogP contribution is -2.51. The van der Waals surface area contributed by atoms with E-state index in [-0.39, 0.29) is 11.4 Å². The Labute approximate surface area is 101 Å². The van der Waals surface area contributed by atoms with Crippen molar-refractivity contribution in [3.63, 3.8) is 0 Å². The Morgan fingerprint density at radius 3 is 2.82 bits per heavy atom. The van der Waals surface area contributed by atoms with Crippen molar-refractivity contribution in [3.05, 3.63) is 17.5 Å². The van der Waals surface area contributed by atoms with Gasteiger partial charge in [0, 0.05) is 18.2 Å². The third kappa shape index (κ3) is 3.06. The van der Waals surface area contributed by atoms with Gasteiger partial charge < -0.3 is 15.6 Å². The minimum Gasteiger partial charge on any atom is -0.361 e. The average molecular weight is 237 g/mol. The predicted octanol–water partition coefficient (Wildman–Crippen LogP) is 1.37. The van der Waals surface area contributed by atoms with Crippen molar-refractivity contribution in [2.45, 2.75) is 44.6 Å². The molecule has 3 N–H and O–H groups in total. The topological polar surface area (TPSA) is 81.2 Å². The fraction of sp³-hybridized carbons (Fsp3) is 0.667. The molecule has 1 aromatic heterocycles. The maximum absolute atomic E-state index is 11.8. The second-order valence-corrected chi connectivity index (χ2v) is 4.93. The molecule has 0 unspecified atom stereocenters. The molecule has 1 fully saturated rings. The standard InChI is InChI=1S/C12H19N3O2/c1-9-7-10(15-17-9)11(16)14-8-12(13)5-3-2-4-6-12/h7H,2-6,8,13H2,1H3,(H,14,16). The lowest BCUT2D eigenvalue weighted by atomic mass is 9.82. The third-order valence-corrected chi connectivity index (χ3v) is 3.31. The Kier molecular flexibility index (Phi) is 3.47. The number of carbonyl (C=O) groups is 1. The van der Waals surface area contributed by atoms with Crippen molar-refractivity contribution in [2.24, 2.45) is 5.73 Å². The summed E-state index contributed by atoms with van der Waals surface area (Å²) >= 11 is 0. The summed E-state index contributed by atoms with van der Waals surface area (Å²) < 4.78 is 4.86. The first-order chi connectivity index (χ1) is 8.09. The van der Waals surface area contributed by atoms with Crippen LogP contribution < -0.4 is 11.1 Å². The van der Waals surface area contributed by atoms with Gasteiger partial charge in [0.25, 0.3) is 5.91 Å². The van der Waals surface area contributed by atoms with Gasteiger partial charge in [-0.2, -0.15) is 0 Å². The van der Waals surface area contributed by atoms with E-state index in [1.165, 1.54) is 6.42 Å². The van der Waals surface area contributed by atoms with Gasteiger partial charge in [-0.1, -0.05) is 24.4 Å². The monoisotopic (exact) mass is 237 g/mol. The van der Waals surface area contributed by atoms with E-state index in [4.69, 9.17) is 10.3 Å². The van der Waals surface area contributed by atoms with E-state index in [9.17, 15) is 4.79 Å². The molecule has 1 aliphatic carbocycles. The maximum atomic E-state index is 11.8. The van der Waals surface area contributed by atoms with Gasteiger partial charge in [-0.15, -0.1) is 0 Å². The Hall–Kier alpha value is -1.36. The molecule has 1 amide bonds. The van der Waals surface area contributed by atoms with Gasteiger partial charge >= 0.3 is 0 Å². The van der Waals surface area contributed by atoms with Crippen LogP contribution in [0.4, 0.5) is 0 Å². The summed E-state index contributed by atoms with van der Waals surface area (Å²) in [5.41, 5.74) is 6.31. The Balaban J connectivity index is 1.87. The molecular formula is C12H19N3O2. The van der Waals surface area contributed by atoms with Gasteiger partial charge in [0.15, 0.2) is 5.69 Å². The van der Waals surface area contributed by atoms with E-state index in [0.717, 1.165) is 25.7 Å². The zero-order chi connectivity index (χ0) is 12.3. The summed E-state index contributed by atoms with van der Waals surface area (Å²) in [4.78, 5) is 11.8. The van der Waals surface area contributed by atoms with E-state index in [1.54, 1.807) is 13.0 Å². The minimum atomic E-state index is -0.243. The van der Waals surface area contributed by atoms with E-state index < -0.39 is 0 Å². The van der Waals surface area contributed by atoms with Gasteiger partial charge in [0.05, 0.1) is 0 Å². The Morgan fingerprint density at radius 2 is 2.24 bits per heavy atom. The van der Waals surface area contributed by atoms with Crippen LogP contribution in [0.2, 0.25) is 0 Å². The number of nitrogens with zero attached hydrogens (tertiary/aromatic N) is 1. The summed E-state index contributed by atoms with van der Waals surface area (Å²) in [5, 5.41) is 6.51. The SMILES string of the molecule is Cc1cc(C(=O)NCC2(N)CCCCC2)no1. The molecule has 0 bridgehead atoms. The number of hydrogen-bond acceptors (Lipinski definition) is 4. The number of rotatable bonds is 3. The number of nitrogens with one attached hydrogen (secondary N) is 1. The van der Waals surface area contributed by atoms with Gasteiger partial charge in [0.2, 0.25) is 0 Å². The molecule has 0 atom stereocenters. The second kappa shape index (κ2) is 4.87. The van der Waals surface area contributed by atoms with Crippen molar-refractivity contribution < 1.29 is 9.32 Å². The first-order valence-electron chi connectivity index (χ1n) is 6.09. The average Bonchev–Trinajstić information content (AvgIpc) is 2.74. The van der Waals surface area contributed by atoms with Crippen molar-refractivity contribution in [1.29, 1.82) is 0 Å². The molecular weight excluding hydrogens is 218 g/mol. The van der Waals surface area contributed by atoms with Crippen LogP contribution in [-0.4, -0.2) is 23.1 Å². The number of amides is 1. The Bertz CT molecular complexity index is 394. The quantitative estimate of drug-likeness (QED) is 0.832. The number of aromatic nitrogens is 1. The van der Waals surface area contributed by atoms with Crippen molar-refractivity contribution >= 4 is 5.91 Å². The maximum Gasteiger partial charge on any atom is 0.273 e.